The van der Waals surface area contributed by atoms with E-state index < -0.39 is 0 Å². The molecule has 0 amide bonds. The molecule has 1 aromatic carbocycles. The molecule has 2 aliphatic rings. The molecule has 0 unspecified atom stereocenters. The Labute approximate surface area is 177 Å². The minimum atomic E-state index is -0.241. The van der Waals surface area contributed by atoms with E-state index in [0.717, 1.165) is 30.4 Å². The highest BCUT2D eigenvalue weighted by molar-refractivity contribution is 14.0. The van der Waals surface area contributed by atoms with Crippen molar-refractivity contribution >= 4 is 29.9 Å². The maximum atomic E-state index is 14.5. The molecule has 1 N–H and O–H groups in total. The van der Waals surface area contributed by atoms with Crippen molar-refractivity contribution < 1.29 is 4.39 Å². The van der Waals surface area contributed by atoms with Gasteiger partial charge < -0.3 is 14.8 Å². The number of guanidine groups is 1. The molecule has 1 aliphatic heterocycles. The topological polar surface area (TPSA) is 45.5 Å². The molecule has 5 nitrogen and oxygen atoms in total. The van der Waals surface area contributed by atoms with Crippen molar-refractivity contribution in [2.45, 2.75) is 39.2 Å². The lowest BCUT2D eigenvalue weighted by molar-refractivity contribution is 0.151. The molecule has 146 valence electrons. The molecule has 1 aliphatic carbocycles. The van der Waals surface area contributed by atoms with Crippen LogP contribution in [-0.4, -0.2) is 40.5 Å². The number of rotatable bonds is 3. The second-order valence-electron chi connectivity index (χ2n) is 7.56. The Morgan fingerprint density at radius 1 is 1.33 bits per heavy atom. The first-order chi connectivity index (χ1) is 12.6. The van der Waals surface area contributed by atoms with Crippen molar-refractivity contribution in [1.29, 1.82) is 0 Å². The van der Waals surface area contributed by atoms with Gasteiger partial charge in [0.15, 0.2) is 5.96 Å². The lowest BCUT2D eigenvalue weighted by Crippen LogP contribution is -2.42. The molecular weight excluding hydrogens is 456 g/mol. The van der Waals surface area contributed by atoms with Crippen molar-refractivity contribution in [2.24, 2.45) is 10.4 Å². The molecule has 4 rings (SSSR count). The summed E-state index contributed by atoms with van der Waals surface area (Å²) in [4.78, 5) is 10.9. The molecule has 2 aromatic rings. The van der Waals surface area contributed by atoms with Gasteiger partial charge in [-0.05, 0) is 49.3 Å². The predicted octanol–water partition coefficient (Wildman–Crippen LogP) is 3.89. The fourth-order valence-corrected chi connectivity index (χ4v) is 4.20. The van der Waals surface area contributed by atoms with Crippen LogP contribution in [0, 0.1) is 18.2 Å². The molecule has 0 bridgehead atoms. The Kier molecular flexibility index (Phi) is 6.08. The third kappa shape index (κ3) is 3.97. The number of nitrogens with zero attached hydrogens (tertiary/aromatic N) is 4. The van der Waals surface area contributed by atoms with Gasteiger partial charge in [0.05, 0.1) is 5.69 Å². The molecule has 1 saturated carbocycles. The zero-order valence-corrected chi connectivity index (χ0v) is 18.2. The quantitative estimate of drug-likeness (QED) is 0.410. The van der Waals surface area contributed by atoms with Crippen LogP contribution in [0.4, 0.5) is 4.39 Å². The van der Waals surface area contributed by atoms with Crippen molar-refractivity contribution in [3.05, 3.63) is 47.8 Å². The molecule has 1 spiro atoms. The summed E-state index contributed by atoms with van der Waals surface area (Å²) >= 11 is 0. The maximum Gasteiger partial charge on any atom is 0.193 e. The van der Waals surface area contributed by atoms with E-state index in [1.807, 2.05) is 26.1 Å². The fraction of sp³-hybridized carbons (Fsp3) is 0.500. The standard InChI is InChI=1S/C20H26FN5.HI/c1-15-23-9-11-26(15)18-5-4-16(12-17(18)21)13-24-19(22-2)25-10-8-20(14-25)6-3-7-20;/h4-5,9,11-12H,3,6-8,10,13-14H2,1-2H3,(H,22,24);1H. The third-order valence-corrected chi connectivity index (χ3v) is 5.91. The summed E-state index contributed by atoms with van der Waals surface area (Å²) in [5.41, 5.74) is 1.97. The summed E-state index contributed by atoms with van der Waals surface area (Å²) in [5, 5.41) is 3.40. The van der Waals surface area contributed by atoms with Crippen molar-refractivity contribution in [3.63, 3.8) is 0 Å². The van der Waals surface area contributed by atoms with E-state index in [1.54, 1.807) is 23.0 Å². The first-order valence-corrected chi connectivity index (χ1v) is 9.35. The fourth-order valence-electron chi connectivity index (χ4n) is 4.20. The van der Waals surface area contributed by atoms with E-state index in [9.17, 15) is 4.39 Å². The van der Waals surface area contributed by atoms with E-state index in [1.165, 1.54) is 25.7 Å². The Bertz CT molecular complexity index is 828. The number of nitrogens with one attached hydrogen (secondary N) is 1. The number of likely N-dealkylation sites (tertiary alicyclic amines) is 1. The van der Waals surface area contributed by atoms with Crippen molar-refractivity contribution in [2.75, 3.05) is 20.1 Å². The summed E-state index contributed by atoms with van der Waals surface area (Å²) in [5.74, 6) is 1.45. The molecule has 27 heavy (non-hydrogen) atoms. The predicted molar refractivity (Wildman–Crippen MR) is 116 cm³/mol. The van der Waals surface area contributed by atoms with Gasteiger partial charge in [-0.1, -0.05) is 12.5 Å². The number of aryl methyl sites for hydroxylation is 1. The van der Waals surface area contributed by atoms with Gasteiger partial charge in [0.25, 0.3) is 0 Å². The van der Waals surface area contributed by atoms with Crippen LogP contribution in [-0.2, 0) is 6.54 Å². The van der Waals surface area contributed by atoms with Crippen LogP contribution in [0.2, 0.25) is 0 Å². The first kappa shape index (κ1) is 20.1. The summed E-state index contributed by atoms with van der Waals surface area (Å²) in [6.45, 7) is 4.59. The number of aromatic nitrogens is 2. The number of hydrogen-bond acceptors (Lipinski definition) is 2. The number of halogens is 2. The van der Waals surface area contributed by atoms with Gasteiger partial charge in [0, 0.05) is 39.1 Å². The number of imidazole rings is 1. The minimum absolute atomic E-state index is 0. The first-order valence-electron chi connectivity index (χ1n) is 9.35. The molecular formula is C20H27FIN5. The van der Waals surface area contributed by atoms with Crippen LogP contribution in [0.1, 0.15) is 37.1 Å². The second-order valence-corrected chi connectivity index (χ2v) is 7.56. The van der Waals surface area contributed by atoms with Gasteiger partial charge in [-0.3, -0.25) is 4.99 Å². The Morgan fingerprint density at radius 2 is 2.15 bits per heavy atom. The van der Waals surface area contributed by atoms with Crippen LogP contribution in [0.15, 0.2) is 35.6 Å². The second kappa shape index (κ2) is 8.16. The van der Waals surface area contributed by atoms with E-state index in [2.05, 4.69) is 20.2 Å². The van der Waals surface area contributed by atoms with E-state index in [0.29, 0.717) is 17.6 Å². The Hall–Kier alpha value is -1.64. The number of benzene rings is 1. The highest BCUT2D eigenvalue weighted by Gasteiger charge is 2.43. The molecule has 2 heterocycles. The SMILES string of the molecule is CN=C(NCc1ccc(-n2ccnc2C)c(F)c1)N1CCC2(CCC2)C1.I. The number of hydrogen-bond donors (Lipinski definition) is 1. The molecule has 2 fully saturated rings. The van der Waals surface area contributed by atoms with Crippen LogP contribution in [0.5, 0.6) is 0 Å². The molecule has 0 atom stereocenters. The van der Waals surface area contributed by atoms with Crippen LogP contribution in [0.3, 0.4) is 0 Å². The summed E-state index contributed by atoms with van der Waals surface area (Å²) in [7, 11) is 1.82. The zero-order chi connectivity index (χ0) is 18.1. The van der Waals surface area contributed by atoms with Gasteiger partial charge in [-0.15, -0.1) is 24.0 Å². The van der Waals surface area contributed by atoms with Crippen LogP contribution >= 0.6 is 24.0 Å². The van der Waals surface area contributed by atoms with Gasteiger partial charge in [-0.2, -0.15) is 0 Å². The smallest absolute Gasteiger partial charge is 0.193 e. The average Bonchev–Trinajstić information content (AvgIpc) is 3.22. The molecule has 1 saturated heterocycles. The molecule has 0 radical (unpaired) electrons. The summed E-state index contributed by atoms with van der Waals surface area (Å²) < 4.78 is 16.3. The van der Waals surface area contributed by atoms with Crippen molar-refractivity contribution in [1.82, 2.24) is 19.8 Å². The highest BCUT2D eigenvalue weighted by Crippen LogP contribution is 2.47. The van der Waals surface area contributed by atoms with Gasteiger partial charge in [-0.25, -0.2) is 9.37 Å². The Morgan fingerprint density at radius 3 is 2.70 bits per heavy atom. The van der Waals surface area contributed by atoms with Gasteiger partial charge in [0.2, 0.25) is 0 Å². The average molecular weight is 483 g/mol. The zero-order valence-electron chi connectivity index (χ0n) is 15.9. The minimum Gasteiger partial charge on any atom is -0.352 e. The lowest BCUT2D eigenvalue weighted by atomic mass is 9.68. The van der Waals surface area contributed by atoms with Crippen molar-refractivity contribution in [3.8, 4) is 5.69 Å². The lowest BCUT2D eigenvalue weighted by Gasteiger charge is -2.38. The van der Waals surface area contributed by atoms with E-state index >= 15 is 0 Å². The largest absolute Gasteiger partial charge is 0.352 e. The molecule has 7 heteroatoms. The van der Waals surface area contributed by atoms with Crippen LogP contribution < -0.4 is 5.32 Å². The Balaban J connectivity index is 0.00000210. The highest BCUT2D eigenvalue weighted by atomic mass is 127. The number of aliphatic imine (C=N–C) groups is 1. The van der Waals surface area contributed by atoms with Gasteiger partial charge in [0.1, 0.15) is 11.6 Å². The monoisotopic (exact) mass is 483 g/mol. The summed E-state index contributed by atoms with van der Waals surface area (Å²) in [6.07, 6.45) is 8.78. The third-order valence-electron chi connectivity index (χ3n) is 5.91. The summed E-state index contributed by atoms with van der Waals surface area (Å²) in [6, 6.07) is 5.35. The van der Waals surface area contributed by atoms with Crippen LogP contribution in [0.25, 0.3) is 5.69 Å². The van der Waals surface area contributed by atoms with E-state index in [-0.39, 0.29) is 29.8 Å². The maximum absolute atomic E-state index is 14.5. The molecule has 1 aromatic heterocycles. The van der Waals surface area contributed by atoms with Gasteiger partial charge >= 0.3 is 0 Å². The normalized spacial score (nSPS) is 18.3. The van der Waals surface area contributed by atoms with E-state index in [4.69, 9.17) is 0 Å².